The number of rotatable bonds is 5. The molecular formula is C18H24ClN3O3S. The highest BCUT2D eigenvalue weighted by Crippen LogP contribution is 2.18. The van der Waals surface area contributed by atoms with E-state index in [-0.39, 0.29) is 42.2 Å². The first-order chi connectivity index (χ1) is 12.0. The van der Waals surface area contributed by atoms with Gasteiger partial charge < -0.3 is 10.2 Å². The van der Waals surface area contributed by atoms with E-state index in [4.69, 9.17) is 0 Å². The maximum atomic E-state index is 12.5. The minimum Gasteiger partial charge on any atom is -0.337 e. The first-order valence-corrected chi connectivity index (χ1v) is 9.94. The standard InChI is InChI=1S/C18H23N3O3S.ClH/c1-14-13-19-10-11-21(14)18(22)8-9-20-25(23,24)17-7-6-15-4-2-3-5-16(15)12-17;/h2-7,12,14,19-20H,8-11,13H2,1H3;1H/t14-;/m0./s1. The van der Waals surface area contributed by atoms with Crippen molar-refractivity contribution in [1.29, 1.82) is 0 Å². The molecule has 8 heteroatoms. The van der Waals surface area contributed by atoms with Crippen molar-refractivity contribution in [3.63, 3.8) is 0 Å². The van der Waals surface area contributed by atoms with Gasteiger partial charge >= 0.3 is 0 Å². The highest BCUT2D eigenvalue weighted by molar-refractivity contribution is 7.89. The molecule has 1 fully saturated rings. The van der Waals surface area contributed by atoms with Crippen LogP contribution in [0.2, 0.25) is 0 Å². The largest absolute Gasteiger partial charge is 0.337 e. The Bertz CT molecular complexity index is 873. The summed E-state index contributed by atoms with van der Waals surface area (Å²) in [6.45, 7) is 4.30. The molecule has 6 nitrogen and oxygen atoms in total. The van der Waals surface area contributed by atoms with E-state index in [1.165, 1.54) is 0 Å². The molecule has 1 saturated heterocycles. The maximum absolute atomic E-state index is 12.5. The third-order valence-electron chi connectivity index (χ3n) is 4.48. The molecule has 1 amide bonds. The third kappa shape index (κ3) is 4.73. The van der Waals surface area contributed by atoms with E-state index in [2.05, 4.69) is 10.0 Å². The summed E-state index contributed by atoms with van der Waals surface area (Å²) in [5, 5.41) is 5.09. The van der Waals surface area contributed by atoms with Crippen LogP contribution in [0.4, 0.5) is 0 Å². The summed E-state index contributed by atoms with van der Waals surface area (Å²) < 4.78 is 27.4. The number of benzene rings is 2. The predicted molar refractivity (Wildman–Crippen MR) is 105 cm³/mol. The average Bonchev–Trinajstić information content (AvgIpc) is 2.61. The Balaban J connectivity index is 0.00000243. The Morgan fingerprint density at radius 1 is 1.23 bits per heavy atom. The van der Waals surface area contributed by atoms with Crippen LogP contribution in [-0.4, -0.2) is 51.4 Å². The Labute approximate surface area is 160 Å². The normalized spacial score (nSPS) is 17.7. The van der Waals surface area contributed by atoms with Crippen molar-refractivity contribution < 1.29 is 13.2 Å². The van der Waals surface area contributed by atoms with Gasteiger partial charge in [-0.25, -0.2) is 13.1 Å². The van der Waals surface area contributed by atoms with Gasteiger partial charge in [0.1, 0.15) is 0 Å². The van der Waals surface area contributed by atoms with E-state index < -0.39 is 10.0 Å². The molecule has 2 aromatic carbocycles. The van der Waals surface area contributed by atoms with Crippen LogP contribution in [-0.2, 0) is 14.8 Å². The van der Waals surface area contributed by atoms with Crippen LogP contribution in [0.3, 0.4) is 0 Å². The molecule has 0 aromatic heterocycles. The SMILES string of the molecule is C[C@H]1CNCCN1C(=O)CCNS(=O)(=O)c1ccc2ccccc2c1.Cl. The van der Waals surface area contributed by atoms with Gasteiger partial charge in [-0.05, 0) is 29.8 Å². The number of piperazine rings is 1. The van der Waals surface area contributed by atoms with Crippen LogP contribution in [0, 0.1) is 0 Å². The molecule has 0 saturated carbocycles. The number of hydrogen-bond donors (Lipinski definition) is 2. The van der Waals surface area contributed by atoms with E-state index in [9.17, 15) is 13.2 Å². The van der Waals surface area contributed by atoms with Crippen LogP contribution in [0.5, 0.6) is 0 Å². The molecule has 0 radical (unpaired) electrons. The summed E-state index contributed by atoms with van der Waals surface area (Å²) in [6.07, 6.45) is 0.164. The van der Waals surface area contributed by atoms with Crippen molar-refractivity contribution in [2.24, 2.45) is 0 Å². The first kappa shape index (κ1) is 20.6. The van der Waals surface area contributed by atoms with E-state index in [0.29, 0.717) is 6.54 Å². The number of carbonyl (C=O) groups excluding carboxylic acids is 1. The van der Waals surface area contributed by atoms with Gasteiger partial charge in [-0.2, -0.15) is 0 Å². The zero-order valence-corrected chi connectivity index (χ0v) is 16.3. The van der Waals surface area contributed by atoms with Gasteiger partial charge in [0.05, 0.1) is 4.90 Å². The average molecular weight is 398 g/mol. The van der Waals surface area contributed by atoms with E-state index in [0.717, 1.165) is 23.9 Å². The lowest BCUT2D eigenvalue weighted by molar-refractivity contribution is -0.133. The summed E-state index contributed by atoms with van der Waals surface area (Å²) in [5.74, 6) is -0.0183. The summed E-state index contributed by atoms with van der Waals surface area (Å²) in [6, 6.07) is 12.8. The molecule has 26 heavy (non-hydrogen) atoms. The molecule has 142 valence electrons. The molecule has 3 rings (SSSR count). The number of nitrogens with one attached hydrogen (secondary N) is 2. The van der Waals surface area contributed by atoms with Gasteiger partial charge in [0.2, 0.25) is 15.9 Å². The van der Waals surface area contributed by atoms with Crippen molar-refractivity contribution in [3.8, 4) is 0 Å². The second kappa shape index (κ2) is 8.81. The number of fused-ring (bicyclic) bond motifs is 1. The third-order valence-corrected chi connectivity index (χ3v) is 5.94. The van der Waals surface area contributed by atoms with Crippen molar-refractivity contribution >= 4 is 39.1 Å². The van der Waals surface area contributed by atoms with Crippen molar-refractivity contribution in [3.05, 3.63) is 42.5 Å². The summed E-state index contributed by atoms with van der Waals surface area (Å²) in [4.78, 5) is 14.3. The predicted octanol–water partition coefficient (Wildman–Crippen LogP) is 1.75. The number of hydrogen-bond acceptors (Lipinski definition) is 4. The zero-order valence-electron chi connectivity index (χ0n) is 14.6. The lowest BCUT2D eigenvalue weighted by atomic mass is 10.1. The fraction of sp³-hybridized carbons (Fsp3) is 0.389. The topological polar surface area (TPSA) is 78.5 Å². The van der Waals surface area contributed by atoms with Crippen LogP contribution >= 0.6 is 12.4 Å². The number of halogens is 1. The smallest absolute Gasteiger partial charge is 0.240 e. The van der Waals surface area contributed by atoms with E-state index in [1.54, 1.807) is 23.1 Å². The number of amides is 1. The highest BCUT2D eigenvalue weighted by atomic mass is 35.5. The van der Waals surface area contributed by atoms with Crippen LogP contribution in [0.25, 0.3) is 10.8 Å². The molecule has 2 aromatic rings. The maximum Gasteiger partial charge on any atom is 0.240 e. The number of nitrogens with zero attached hydrogens (tertiary/aromatic N) is 1. The summed E-state index contributed by atoms with van der Waals surface area (Å²) >= 11 is 0. The Kier molecular flexibility index (Phi) is 7.00. The minimum atomic E-state index is -3.62. The van der Waals surface area contributed by atoms with Gasteiger partial charge in [-0.15, -0.1) is 12.4 Å². The quantitative estimate of drug-likeness (QED) is 0.805. The summed E-state index contributed by atoms with van der Waals surface area (Å²) in [5.41, 5.74) is 0. The minimum absolute atomic E-state index is 0. The lowest BCUT2D eigenvalue weighted by Crippen LogP contribution is -2.52. The number of sulfonamides is 1. The second-order valence-corrected chi connectivity index (χ2v) is 8.06. The lowest BCUT2D eigenvalue weighted by Gasteiger charge is -2.34. The molecule has 0 spiro atoms. The molecule has 1 aliphatic heterocycles. The molecule has 0 bridgehead atoms. The van der Waals surface area contributed by atoms with Gasteiger partial charge in [0.15, 0.2) is 0 Å². The molecule has 1 aliphatic rings. The van der Waals surface area contributed by atoms with Crippen LogP contribution < -0.4 is 10.0 Å². The summed E-state index contributed by atoms with van der Waals surface area (Å²) in [7, 11) is -3.62. The van der Waals surface area contributed by atoms with Crippen LogP contribution in [0.1, 0.15) is 13.3 Å². The fourth-order valence-electron chi connectivity index (χ4n) is 3.07. The van der Waals surface area contributed by atoms with E-state index in [1.807, 2.05) is 31.2 Å². The molecular weight excluding hydrogens is 374 g/mol. The Morgan fingerprint density at radius 3 is 2.69 bits per heavy atom. The van der Waals surface area contributed by atoms with Crippen molar-refractivity contribution in [2.75, 3.05) is 26.2 Å². The van der Waals surface area contributed by atoms with Gasteiger partial charge in [0, 0.05) is 38.6 Å². The molecule has 0 aliphatic carbocycles. The molecule has 0 unspecified atom stereocenters. The Morgan fingerprint density at radius 2 is 1.96 bits per heavy atom. The number of carbonyl (C=O) groups is 1. The van der Waals surface area contributed by atoms with Gasteiger partial charge in [-0.1, -0.05) is 30.3 Å². The fourth-order valence-corrected chi connectivity index (χ4v) is 4.13. The second-order valence-electron chi connectivity index (χ2n) is 6.30. The first-order valence-electron chi connectivity index (χ1n) is 8.46. The van der Waals surface area contributed by atoms with Gasteiger partial charge in [0.25, 0.3) is 0 Å². The zero-order chi connectivity index (χ0) is 17.9. The molecule has 1 atom stereocenters. The van der Waals surface area contributed by atoms with Gasteiger partial charge in [-0.3, -0.25) is 4.79 Å². The molecule has 1 heterocycles. The van der Waals surface area contributed by atoms with Crippen LogP contribution in [0.15, 0.2) is 47.4 Å². The Hall–Kier alpha value is -1.67. The monoisotopic (exact) mass is 397 g/mol. The van der Waals surface area contributed by atoms with E-state index >= 15 is 0 Å². The van der Waals surface area contributed by atoms with Crippen molar-refractivity contribution in [1.82, 2.24) is 14.9 Å². The highest BCUT2D eigenvalue weighted by Gasteiger charge is 2.23. The molecule has 2 N–H and O–H groups in total. The van der Waals surface area contributed by atoms with Crippen molar-refractivity contribution in [2.45, 2.75) is 24.3 Å².